The summed E-state index contributed by atoms with van der Waals surface area (Å²) in [5.41, 5.74) is 1.22. The highest BCUT2D eigenvalue weighted by atomic mass is 32.2. The van der Waals surface area contributed by atoms with E-state index < -0.39 is 10.0 Å². The molecule has 0 radical (unpaired) electrons. The van der Waals surface area contributed by atoms with Gasteiger partial charge in [-0.15, -0.1) is 0 Å². The van der Waals surface area contributed by atoms with Gasteiger partial charge in [0.1, 0.15) is 5.82 Å². The van der Waals surface area contributed by atoms with Crippen LogP contribution in [0.3, 0.4) is 0 Å². The molecule has 0 unspecified atom stereocenters. The van der Waals surface area contributed by atoms with Gasteiger partial charge in [-0.25, -0.2) is 17.7 Å². The van der Waals surface area contributed by atoms with E-state index in [1.165, 1.54) is 11.8 Å². The molecule has 0 aliphatic carbocycles. The van der Waals surface area contributed by atoms with Crippen LogP contribution in [-0.2, 0) is 14.8 Å². The quantitative estimate of drug-likeness (QED) is 0.801. The second-order valence-corrected chi connectivity index (χ2v) is 7.31. The molecule has 0 saturated carbocycles. The Balaban J connectivity index is 1.95. The van der Waals surface area contributed by atoms with Crippen molar-refractivity contribution < 1.29 is 13.2 Å². The molecule has 0 atom stereocenters. The van der Waals surface area contributed by atoms with Crippen molar-refractivity contribution in [3.8, 4) is 0 Å². The molecule has 1 fully saturated rings. The minimum absolute atomic E-state index is 0.397. The van der Waals surface area contributed by atoms with Crippen molar-refractivity contribution in [3.63, 3.8) is 0 Å². The molecule has 118 valence electrons. The molecule has 0 amide bonds. The summed E-state index contributed by atoms with van der Waals surface area (Å²) < 4.78 is 29.6. The Morgan fingerprint density at radius 1 is 1.43 bits per heavy atom. The van der Waals surface area contributed by atoms with Gasteiger partial charge in [0.15, 0.2) is 0 Å². The lowest BCUT2D eigenvalue weighted by molar-refractivity contribution is 0.210. The van der Waals surface area contributed by atoms with Crippen LogP contribution >= 0.6 is 0 Å². The van der Waals surface area contributed by atoms with E-state index in [1.807, 2.05) is 6.07 Å². The molecule has 1 aromatic rings. The summed E-state index contributed by atoms with van der Waals surface area (Å²) in [7, 11) is -1.39. The van der Waals surface area contributed by atoms with Crippen LogP contribution in [0.25, 0.3) is 0 Å². The zero-order valence-corrected chi connectivity index (χ0v) is 13.4. The molecular formula is C14H23N3O3S. The third-order valence-corrected chi connectivity index (χ3v) is 5.09. The largest absolute Gasteiger partial charge is 0.383 e. The number of rotatable bonds is 6. The molecule has 0 aromatic carbocycles. The van der Waals surface area contributed by atoms with Crippen molar-refractivity contribution in [3.05, 3.63) is 23.9 Å². The maximum Gasteiger partial charge on any atom is 0.211 e. The summed E-state index contributed by atoms with van der Waals surface area (Å²) in [4.78, 5) is 4.29. The van der Waals surface area contributed by atoms with Crippen molar-refractivity contribution >= 4 is 15.8 Å². The highest BCUT2D eigenvalue weighted by Gasteiger charge is 2.25. The molecule has 1 aliphatic heterocycles. The van der Waals surface area contributed by atoms with Crippen LogP contribution in [0.2, 0.25) is 0 Å². The minimum atomic E-state index is -3.06. The van der Waals surface area contributed by atoms with Crippen LogP contribution in [0.5, 0.6) is 0 Å². The highest BCUT2D eigenvalue weighted by Crippen LogP contribution is 2.29. The van der Waals surface area contributed by atoms with Crippen LogP contribution in [0.1, 0.15) is 24.3 Å². The van der Waals surface area contributed by atoms with Crippen LogP contribution in [0, 0.1) is 0 Å². The lowest BCUT2D eigenvalue weighted by atomic mass is 9.91. The minimum Gasteiger partial charge on any atom is -0.383 e. The smallest absolute Gasteiger partial charge is 0.211 e. The molecular weight excluding hydrogens is 290 g/mol. The first-order valence-electron chi connectivity index (χ1n) is 7.14. The van der Waals surface area contributed by atoms with Crippen molar-refractivity contribution in [1.29, 1.82) is 0 Å². The Kier molecular flexibility index (Phi) is 5.55. The molecule has 0 spiro atoms. The van der Waals surface area contributed by atoms with Gasteiger partial charge in [-0.05, 0) is 36.5 Å². The van der Waals surface area contributed by atoms with Crippen molar-refractivity contribution in [2.45, 2.75) is 18.8 Å². The maximum atomic E-state index is 11.5. The standard InChI is InChI=1S/C14H23N3O3S/c1-20-10-7-16-14-11-13(3-6-15-14)12-4-8-17(9-5-12)21(2,18)19/h3,6,11-12H,4-5,7-10H2,1-2H3,(H,15,16). The topological polar surface area (TPSA) is 71.5 Å². The van der Waals surface area contributed by atoms with E-state index in [2.05, 4.69) is 16.4 Å². The zero-order valence-electron chi connectivity index (χ0n) is 12.6. The predicted octanol–water partition coefficient (Wildman–Crippen LogP) is 1.28. The lowest BCUT2D eigenvalue weighted by Crippen LogP contribution is -2.37. The Morgan fingerprint density at radius 3 is 2.76 bits per heavy atom. The van der Waals surface area contributed by atoms with Crippen molar-refractivity contribution in [1.82, 2.24) is 9.29 Å². The van der Waals surface area contributed by atoms with E-state index in [0.29, 0.717) is 25.6 Å². The lowest BCUT2D eigenvalue weighted by Gasteiger charge is -2.30. The third kappa shape index (κ3) is 4.66. The number of sulfonamides is 1. The summed E-state index contributed by atoms with van der Waals surface area (Å²) >= 11 is 0. The number of aromatic nitrogens is 1. The second kappa shape index (κ2) is 7.20. The first-order valence-corrected chi connectivity index (χ1v) is 8.99. The number of nitrogens with zero attached hydrogens (tertiary/aromatic N) is 2. The van der Waals surface area contributed by atoms with Gasteiger partial charge in [-0.1, -0.05) is 0 Å². The molecule has 1 saturated heterocycles. The van der Waals surface area contributed by atoms with Crippen LogP contribution < -0.4 is 5.32 Å². The average Bonchev–Trinajstić information content (AvgIpc) is 2.47. The second-order valence-electron chi connectivity index (χ2n) is 5.33. The number of pyridine rings is 1. The number of anilines is 1. The van der Waals surface area contributed by atoms with E-state index in [-0.39, 0.29) is 0 Å². The summed E-state index contributed by atoms with van der Waals surface area (Å²) in [6, 6.07) is 4.07. The molecule has 1 aliphatic rings. The SMILES string of the molecule is COCCNc1cc(C2CCN(S(C)(=O)=O)CC2)ccn1. The molecule has 21 heavy (non-hydrogen) atoms. The molecule has 2 heterocycles. The summed E-state index contributed by atoms with van der Waals surface area (Å²) in [5, 5.41) is 3.22. The van der Waals surface area contributed by atoms with Crippen molar-refractivity contribution in [2.24, 2.45) is 0 Å². The molecule has 1 N–H and O–H groups in total. The van der Waals surface area contributed by atoms with Gasteiger partial charge in [0, 0.05) is 32.9 Å². The summed E-state index contributed by atoms with van der Waals surface area (Å²) in [5.74, 6) is 1.24. The predicted molar refractivity (Wildman–Crippen MR) is 83.0 cm³/mol. The highest BCUT2D eigenvalue weighted by molar-refractivity contribution is 7.88. The maximum absolute atomic E-state index is 11.5. The van der Waals surface area contributed by atoms with E-state index in [4.69, 9.17) is 4.74 Å². The van der Waals surface area contributed by atoms with Gasteiger partial charge in [0.2, 0.25) is 10.0 Å². The van der Waals surface area contributed by atoms with Gasteiger partial charge in [0.05, 0.1) is 12.9 Å². The van der Waals surface area contributed by atoms with Crippen LogP contribution in [-0.4, -0.2) is 57.3 Å². The van der Waals surface area contributed by atoms with Gasteiger partial charge in [-0.3, -0.25) is 0 Å². The molecule has 7 heteroatoms. The zero-order chi connectivity index (χ0) is 15.3. The number of piperidine rings is 1. The Bertz CT molecular complexity index is 554. The number of nitrogens with one attached hydrogen (secondary N) is 1. The van der Waals surface area contributed by atoms with E-state index in [1.54, 1.807) is 17.6 Å². The Morgan fingerprint density at radius 2 is 2.14 bits per heavy atom. The summed E-state index contributed by atoms with van der Waals surface area (Å²) in [6.45, 7) is 2.55. The van der Waals surface area contributed by atoms with E-state index in [0.717, 1.165) is 25.2 Å². The van der Waals surface area contributed by atoms with E-state index in [9.17, 15) is 8.42 Å². The van der Waals surface area contributed by atoms with Crippen LogP contribution in [0.15, 0.2) is 18.3 Å². The van der Waals surface area contributed by atoms with Gasteiger partial charge in [-0.2, -0.15) is 0 Å². The van der Waals surface area contributed by atoms with Gasteiger partial charge >= 0.3 is 0 Å². The van der Waals surface area contributed by atoms with Crippen molar-refractivity contribution in [2.75, 3.05) is 44.9 Å². The summed E-state index contributed by atoms with van der Waals surface area (Å²) in [6.07, 6.45) is 4.79. The third-order valence-electron chi connectivity index (χ3n) is 3.79. The molecule has 0 bridgehead atoms. The number of methoxy groups -OCH3 is 1. The first kappa shape index (κ1) is 16.2. The number of hydrogen-bond acceptors (Lipinski definition) is 5. The Labute approximate surface area is 126 Å². The molecule has 6 nitrogen and oxygen atoms in total. The monoisotopic (exact) mass is 313 g/mol. The average molecular weight is 313 g/mol. The first-order chi connectivity index (χ1) is 10.0. The fraction of sp³-hybridized carbons (Fsp3) is 0.643. The van der Waals surface area contributed by atoms with Gasteiger partial charge in [0.25, 0.3) is 0 Å². The Hall–Kier alpha value is -1.18. The van der Waals surface area contributed by atoms with Gasteiger partial charge < -0.3 is 10.1 Å². The van der Waals surface area contributed by atoms with E-state index >= 15 is 0 Å². The van der Waals surface area contributed by atoms with Crippen LogP contribution in [0.4, 0.5) is 5.82 Å². The number of hydrogen-bond donors (Lipinski definition) is 1. The number of ether oxygens (including phenoxy) is 1. The normalized spacial score (nSPS) is 17.8. The fourth-order valence-corrected chi connectivity index (χ4v) is 3.47. The molecule has 2 rings (SSSR count). The fourth-order valence-electron chi connectivity index (χ4n) is 2.60. The molecule has 1 aromatic heterocycles.